The van der Waals surface area contributed by atoms with Crippen molar-refractivity contribution in [3.63, 3.8) is 0 Å². The molecule has 0 bridgehead atoms. The molecule has 0 aliphatic carbocycles. The van der Waals surface area contributed by atoms with Crippen LogP contribution < -0.4 is 4.74 Å². The summed E-state index contributed by atoms with van der Waals surface area (Å²) in [4.78, 5) is 0. The molecule has 1 aromatic carbocycles. The number of hydrogen-bond donors (Lipinski definition) is 2. The van der Waals surface area contributed by atoms with Crippen LogP contribution in [0.1, 0.15) is 50.3 Å². The van der Waals surface area contributed by atoms with Crippen LogP contribution in [0.5, 0.6) is 5.75 Å². The van der Waals surface area contributed by atoms with E-state index in [1.165, 1.54) is 11.1 Å². The summed E-state index contributed by atoms with van der Waals surface area (Å²) in [7, 11) is 0. The molecule has 0 aliphatic rings. The molecule has 0 saturated carbocycles. The molecular weight excluding hydrogens is 372 g/mol. The lowest BCUT2D eigenvalue weighted by molar-refractivity contribution is 0.0338. The van der Waals surface area contributed by atoms with E-state index in [1.807, 2.05) is 0 Å². The molecule has 29 heavy (non-hydrogen) atoms. The monoisotopic (exact) mass is 412 g/mol. The topological polar surface area (TPSA) is 77.4 Å². The van der Waals surface area contributed by atoms with Crippen LogP contribution in [0, 0.1) is 6.92 Å². The number of unbranched alkanes of at least 4 members (excludes halogenated alkanes) is 1. The Morgan fingerprint density at radius 3 is 2.07 bits per heavy atom. The Labute approximate surface area is 176 Å². The van der Waals surface area contributed by atoms with Gasteiger partial charge in [-0.15, -0.1) is 0 Å². The normalized spacial score (nSPS) is 11.8. The third-order valence-corrected chi connectivity index (χ3v) is 4.58. The molecule has 0 heterocycles. The first-order valence-electron chi connectivity index (χ1n) is 10.6. The van der Waals surface area contributed by atoms with E-state index >= 15 is 0 Å². The summed E-state index contributed by atoms with van der Waals surface area (Å²) in [5, 5.41) is 17.5. The molecule has 0 aliphatic heterocycles. The molecule has 0 spiro atoms. The van der Waals surface area contributed by atoms with Crippen molar-refractivity contribution in [2.75, 3.05) is 59.5 Å². The van der Waals surface area contributed by atoms with Crippen molar-refractivity contribution < 1.29 is 29.2 Å². The molecule has 1 rings (SSSR count). The fraction of sp³-hybridized carbons (Fsp3) is 0.739. The number of rotatable bonds is 16. The van der Waals surface area contributed by atoms with Gasteiger partial charge in [0.25, 0.3) is 0 Å². The fourth-order valence-corrected chi connectivity index (χ4v) is 2.86. The molecule has 0 atom stereocenters. The number of benzene rings is 1. The molecule has 2 N–H and O–H groups in total. The largest absolute Gasteiger partial charge is 0.491 e. The van der Waals surface area contributed by atoms with Crippen molar-refractivity contribution in [1.82, 2.24) is 0 Å². The number of aliphatic hydroxyl groups excluding tert-OH is 2. The number of aliphatic hydroxyl groups is 2. The lowest BCUT2D eigenvalue weighted by atomic mass is 9.84. The van der Waals surface area contributed by atoms with E-state index in [4.69, 9.17) is 29.2 Å². The zero-order chi connectivity index (χ0) is 21.5. The highest BCUT2D eigenvalue weighted by Gasteiger charge is 2.18. The number of ether oxygens (including phenoxy) is 4. The molecular formula is C23H40O6. The summed E-state index contributed by atoms with van der Waals surface area (Å²) >= 11 is 0. The van der Waals surface area contributed by atoms with Gasteiger partial charge >= 0.3 is 0 Å². The quantitative estimate of drug-likeness (QED) is 0.407. The van der Waals surface area contributed by atoms with Crippen molar-refractivity contribution in [1.29, 1.82) is 0 Å². The highest BCUT2D eigenvalue weighted by Crippen LogP contribution is 2.31. The fourth-order valence-electron chi connectivity index (χ4n) is 2.86. The van der Waals surface area contributed by atoms with Gasteiger partial charge in [0.15, 0.2) is 0 Å². The van der Waals surface area contributed by atoms with E-state index in [1.54, 1.807) is 0 Å². The Balaban J connectivity index is 2.62. The molecule has 0 radical (unpaired) electrons. The summed E-state index contributed by atoms with van der Waals surface area (Å²) in [6.07, 6.45) is 2.39. The lowest BCUT2D eigenvalue weighted by Gasteiger charge is -2.23. The van der Waals surface area contributed by atoms with Gasteiger partial charge in [0, 0.05) is 13.2 Å². The maximum atomic E-state index is 8.80. The highest BCUT2D eigenvalue weighted by molar-refractivity contribution is 5.45. The Morgan fingerprint density at radius 1 is 0.759 bits per heavy atom. The Morgan fingerprint density at radius 2 is 1.41 bits per heavy atom. The molecule has 6 nitrogen and oxygen atoms in total. The van der Waals surface area contributed by atoms with Gasteiger partial charge in [0.1, 0.15) is 12.4 Å². The number of aryl methyl sites for hydroxylation is 1. The van der Waals surface area contributed by atoms with Gasteiger partial charge in [0.05, 0.1) is 39.6 Å². The predicted octanol–water partition coefficient (Wildman–Crippen LogP) is 3.03. The van der Waals surface area contributed by atoms with E-state index in [0.29, 0.717) is 46.2 Å². The van der Waals surface area contributed by atoms with Gasteiger partial charge in [-0.1, -0.05) is 26.8 Å². The first kappa shape index (κ1) is 25.9. The van der Waals surface area contributed by atoms with Crippen molar-refractivity contribution >= 4 is 0 Å². The van der Waals surface area contributed by atoms with Crippen LogP contribution in [0.4, 0.5) is 0 Å². The third-order valence-electron chi connectivity index (χ3n) is 4.58. The van der Waals surface area contributed by atoms with Crippen LogP contribution in [0.3, 0.4) is 0 Å². The van der Waals surface area contributed by atoms with Crippen molar-refractivity contribution in [3.8, 4) is 5.75 Å². The molecule has 168 valence electrons. The first-order chi connectivity index (χ1) is 13.9. The second kappa shape index (κ2) is 14.7. The Hall–Kier alpha value is -1.18. The van der Waals surface area contributed by atoms with Gasteiger partial charge in [-0.05, 0) is 54.4 Å². The third kappa shape index (κ3) is 11.0. The standard InChI is InChI=1S/C23H40O6/c1-19-17-20(23(2,3)4)18-22(29-16-15-26-10-6-5-8-24)21(19)7-11-27-13-14-28-12-9-25/h17-18,24-25H,5-16H2,1-4H3. The predicted molar refractivity (Wildman–Crippen MR) is 115 cm³/mol. The maximum Gasteiger partial charge on any atom is 0.123 e. The van der Waals surface area contributed by atoms with Crippen molar-refractivity contribution in [2.45, 2.75) is 52.4 Å². The zero-order valence-corrected chi connectivity index (χ0v) is 18.7. The van der Waals surface area contributed by atoms with Crippen molar-refractivity contribution in [3.05, 3.63) is 28.8 Å². The minimum Gasteiger partial charge on any atom is -0.491 e. The average molecular weight is 413 g/mol. The Kier molecular flexibility index (Phi) is 13.1. The maximum absolute atomic E-state index is 8.80. The SMILES string of the molecule is Cc1cc(C(C)(C)C)cc(OCCOCCCCO)c1CCOCCOCCO. The minimum atomic E-state index is 0.0329. The second-order valence-corrected chi connectivity index (χ2v) is 8.11. The van der Waals surface area contributed by atoms with Gasteiger partial charge in [-0.2, -0.15) is 0 Å². The molecule has 0 saturated heterocycles. The van der Waals surface area contributed by atoms with E-state index in [2.05, 4.69) is 39.8 Å². The van der Waals surface area contributed by atoms with E-state index in [0.717, 1.165) is 30.6 Å². The zero-order valence-electron chi connectivity index (χ0n) is 18.7. The minimum absolute atomic E-state index is 0.0329. The summed E-state index contributed by atoms with van der Waals surface area (Å²) in [5.41, 5.74) is 3.66. The van der Waals surface area contributed by atoms with Crippen LogP contribution in [-0.4, -0.2) is 69.7 Å². The lowest BCUT2D eigenvalue weighted by Crippen LogP contribution is -2.15. The average Bonchev–Trinajstić information content (AvgIpc) is 2.67. The van der Waals surface area contributed by atoms with Crippen LogP contribution in [0.2, 0.25) is 0 Å². The second-order valence-electron chi connectivity index (χ2n) is 8.11. The molecule has 6 heteroatoms. The van der Waals surface area contributed by atoms with E-state index in [9.17, 15) is 0 Å². The van der Waals surface area contributed by atoms with Crippen LogP contribution >= 0.6 is 0 Å². The van der Waals surface area contributed by atoms with Crippen LogP contribution in [0.15, 0.2) is 12.1 Å². The van der Waals surface area contributed by atoms with Crippen LogP contribution in [-0.2, 0) is 26.0 Å². The smallest absolute Gasteiger partial charge is 0.123 e. The first-order valence-corrected chi connectivity index (χ1v) is 10.6. The summed E-state index contributed by atoms with van der Waals surface area (Å²) in [6, 6.07) is 4.37. The van der Waals surface area contributed by atoms with Gasteiger partial charge < -0.3 is 29.2 Å². The van der Waals surface area contributed by atoms with Gasteiger partial charge in [-0.25, -0.2) is 0 Å². The summed E-state index contributed by atoms with van der Waals surface area (Å²) in [6.45, 7) is 12.6. The van der Waals surface area contributed by atoms with Crippen LogP contribution in [0.25, 0.3) is 0 Å². The number of hydrogen-bond acceptors (Lipinski definition) is 6. The molecule has 0 fully saturated rings. The summed E-state index contributed by atoms with van der Waals surface area (Å²) < 4.78 is 22.5. The molecule has 0 unspecified atom stereocenters. The van der Waals surface area contributed by atoms with E-state index < -0.39 is 0 Å². The molecule has 1 aromatic rings. The van der Waals surface area contributed by atoms with Gasteiger partial charge in [0.2, 0.25) is 0 Å². The van der Waals surface area contributed by atoms with Gasteiger partial charge in [-0.3, -0.25) is 0 Å². The summed E-state index contributed by atoms with van der Waals surface area (Å²) in [5.74, 6) is 0.897. The molecule has 0 amide bonds. The molecule has 0 aromatic heterocycles. The Bertz CT molecular complexity index is 553. The van der Waals surface area contributed by atoms with E-state index in [-0.39, 0.29) is 18.6 Å². The van der Waals surface area contributed by atoms with Crippen molar-refractivity contribution in [2.24, 2.45) is 0 Å². The highest BCUT2D eigenvalue weighted by atomic mass is 16.5.